The number of rotatable bonds is 6. The molecule has 8 heteroatoms. The van der Waals surface area contributed by atoms with Crippen LogP contribution in [0.2, 0.25) is 0 Å². The first-order valence-electron chi connectivity index (χ1n) is 9.33. The number of H-pyrrole nitrogens is 1. The Balaban J connectivity index is 1.45. The van der Waals surface area contributed by atoms with Crippen molar-refractivity contribution in [2.24, 2.45) is 0 Å². The van der Waals surface area contributed by atoms with Gasteiger partial charge in [-0.1, -0.05) is 18.2 Å². The van der Waals surface area contributed by atoms with Crippen molar-refractivity contribution in [3.63, 3.8) is 0 Å². The molecule has 0 radical (unpaired) electrons. The molecule has 0 bridgehead atoms. The smallest absolute Gasteiger partial charge is 0.295 e. The number of fused-ring (bicyclic) bond motifs is 1. The molecule has 1 heterocycles. The lowest BCUT2D eigenvalue weighted by molar-refractivity contribution is 0.102. The number of amides is 1. The van der Waals surface area contributed by atoms with Gasteiger partial charge < -0.3 is 15.0 Å². The summed E-state index contributed by atoms with van der Waals surface area (Å²) in [6.45, 7) is 0.274. The van der Waals surface area contributed by atoms with Gasteiger partial charge in [0, 0.05) is 17.3 Å². The molecule has 0 saturated carbocycles. The molecule has 31 heavy (non-hydrogen) atoms. The van der Waals surface area contributed by atoms with E-state index in [4.69, 9.17) is 10.00 Å². The van der Waals surface area contributed by atoms with Crippen LogP contribution in [0.4, 0.5) is 14.5 Å². The van der Waals surface area contributed by atoms with Crippen molar-refractivity contribution in [3.05, 3.63) is 89.2 Å². The number of carbonyl (C=O) groups is 1. The van der Waals surface area contributed by atoms with Crippen LogP contribution in [0.25, 0.3) is 11.0 Å². The largest absolute Gasteiger partial charge is 0.489 e. The first-order chi connectivity index (χ1) is 15.0. The first kappa shape index (κ1) is 20.0. The fourth-order valence-corrected chi connectivity index (χ4v) is 3.04. The quantitative estimate of drug-likeness (QED) is 0.450. The summed E-state index contributed by atoms with van der Waals surface area (Å²) in [7, 11) is 0. The Bertz CT molecular complexity index is 1290. The minimum atomic E-state index is -2.71. The van der Waals surface area contributed by atoms with Gasteiger partial charge in [0.15, 0.2) is 5.82 Å². The number of hydrogen-bond acceptors (Lipinski definition) is 4. The third-order valence-corrected chi connectivity index (χ3v) is 4.52. The van der Waals surface area contributed by atoms with Crippen LogP contribution < -0.4 is 10.1 Å². The van der Waals surface area contributed by atoms with Gasteiger partial charge in [-0.25, -0.2) is 13.8 Å². The van der Waals surface area contributed by atoms with Crippen LogP contribution in [0.5, 0.6) is 5.75 Å². The average Bonchev–Trinajstić information content (AvgIpc) is 3.22. The number of carbonyl (C=O) groups excluding carboxylic acids is 1. The van der Waals surface area contributed by atoms with Gasteiger partial charge in [-0.2, -0.15) is 5.26 Å². The number of benzene rings is 3. The summed E-state index contributed by atoms with van der Waals surface area (Å²) in [5, 5.41) is 11.7. The van der Waals surface area contributed by atoms with Crippen molar-refractivity contribution in [2.75, 3.05) is 5.32 Å². The van der Waals surface area contributed by atoms with E-state index < -0.39 is 18.2 Å². The second-order valence-electron chi connectivity index (χ2n) is 6.74. The lowest BCUT2D eigenvalue weighted by Crippen LogP contribution is -2.11. The lowest BCUT2D eigenvalue weighted by atomic mass is 10.1. The van der Waals surface area contributed by atoms with E-state index in [1.807, 2.05) is 6.07 Å². The molecular formula is C23H16F2N4O2. The van der Waals surface area contributed by atoms with Crippen molar-refractivity contribution in [3.8, 4) is 11.8 Å². The summed E-state index contributed by atoms with van der Waals surface area (Å²) in [5.41, 5.74) is 2.95. The Kier molecular flexibility index (Phi) is 5.58. The lowest BCUT2D eigenvalue weighted by Gasteiger charge is -2.10. The summed E-state index contributed by atoms with van der Waals surface area (Å²) in [6.07, 6.45) is -2.71. The minimum absolute atomic E-state index is 0.274. The molecule has 0 saturated heterocycles. The van der Waals surface area contributed by atoms with Crippen molar-refractivity contribution in [1.82, 2.24) is 9.97 Å². The Labute approximate surface area is 176 Å². The number of aromatic nitrogens is 2. The highest BCUT2D eigenvalue weighted by atomic mass is 19.3. The summed E-state index contributed by atoms with van der Waals surface area (Å²) in [4.78, 5) is 18.9. The molecule has 0 atom stereocenters. The zero-order valence-electron chi connectivity index (χ0n) is 16.1. The molecule has 6 nitrogen and oxygen atoms in total. The summed E-state index contributed by atoms with van der Waals surface area (Å²) < 4.78 is 31.4. The number of ether oxygens (including phenoxy) is 1. The molecule has 0 unspecified atom stereocenters. The van der Waals surface area contributed by atoms with Crippen molar-refractivity contribution < 1.29 is 18.3 Å². The molecule has 1 amide bonds. The molecule has 0 aliphatic heterocycles. The van der Waals surface area contributed by atoms with Gasteiger partial charge in [0.1, 0.15) is 12.4 Å². The third kappa shape index (κ3) is 4.67. The number of nitriles is 1. The van der Waals surface area contributed by atoms with Crippen LogP contribution in [0.1, 0.15) is 33.7 Å². The normalized spacial score (nSPS) is 10.8. The Morgan fingerprint density at radius 3 is 2.77 bits per heavy atom. The van der Waals surface area contributed by atoms with Gasteiger partial charge in [0.25, 0.3) is 12.3 Å². The van der Waals surface area contributed by atoms with E-state index >= 15 is 0 Å². The van der Waals surface area contributed by atoms with Crippen molar-refractivity contribution >= 4 is 22.6 Å². The number of imidazole rings is 1. The third-order valence-electron chi connectivity index (χ3n) is 4.52. The molecule has 0 aliphatic carbocycles. The van der Waals surface area contributed by atoms with Crippen molar-refractivity contribution in [2.45, 2.75) is 13.0 Å². The number of hydrogen-bond donors (Lipinski definition) is 2. The molecule has 3 aromatic carbocycles. The molecule has 0 aliphatic rings. The fraction of sp³-hybridized carbons (Fsp3) is 0.0870. The standard InChI is InChI=1S/C23H16F2N4O2/c24-21(25)22-28-19-8-7-16(10-20(19)29-22)23(30)27-17-5-2-6-18(11-17)31-13-15-4-1-3-14(9-15)12-26/h1-11,21H,13H2,(H,27,30)(H,28,29). The van der Waals surface area contributed by atoms with Gasteiger partial charge in [-0.15, -0.1) is 0 Å². The van der Waals surface area contributed by atoms with Gasteiger partial charge in [-0.05, 0) is 48.0 Å². The predicted molar refractivity (Wildman–Crippen MR) is 111 cm³/mol. The molecule has 154 valence electrons. The monoisotopic (exact) mass is 418 g/mol. The van der Waals surface area contributed by atoms with E-state index in [1.54, 1.807) is 42.5 Å². The maximum Gasteiger partial charge on any atom is 0.295 e. The minimum Gasteiger partial charge on any atom is -0.489 e. The Morgan fingerprint density at radius 2 is 1.97 bits per heavy atom. The van der Waals surface area contributed by atoms with Gasteiger partial charge in [-0.3, -0.25) is 4.79 Å². The van der Waals surface area contributed by atoms with Crippen LogP contribution in [0, 0.1) is 11.3 Å². The topological polar surface area (TPSA) is 90.8 Å². The highest BCUT2D eigenvalue weighted by Gasteiger charge is 2.14. The number of aromatic amines is 1. The van der Waals surface area contributed by atoms with Crippen LogP contribution in [-0.4, -0.2) is 15.9 Å². The van der Waals surface area contributed by atoms with Crippen LogP contribution >= 0.6 is 0 Å². The molecule has 1 aromatic heterocycles. The SMILES string of the molecule is N#Cc1cccc(COc2cccc(NC(=O)c3ccc4nc(C(F)F)[nH]c4c3)c2)c1. The van der Waals surface area contributed by atoms with Crippen LogP contribution in [-0.2, 0) is 6.61 Å². The highest BCUT2D eigenvalue weighted by Crippen LogP contribution is 2.22. The Morgan fingerprint density at radius 1 is 1.13 bits per heavy atom. The predicted octanol–water partition coefficient (Wildman–Crippen LogP) is 5.20. The molecule has 2 N–H and O–H groups in total. The summed E-state index contributed by atoms with van der Waals surface area (Å²) in [5.74, 6) is -0.280. The van der Waals surface area contributed by atoms with Gasteiger partial charge in [0.2, 0.25) is 0 Å². The molecule has 0 spiro atoms. The van der Waals surface area contributed by atoms with Gasteiger partial charge in [0.05, 0.1) is 22.7 Å². The van der Waals surface area contributed by atoms with E-state index in [0.717, 1.165) is 5.56 Å². The van der Waals surface area contributed by atoms with E-state index in [2.05, 4.69) is 21.4 Å². The molecule has 0 fully saturated rings. The second-order valence-corrected chi connectivity index (χ2v) is 6.74. The average molecular weight is 418 g/mol. The zero-order valence-corrected chi connectivity index (χ0v) is 16.1. The van der Waals surface area contributed by atoms with E-state index in [0.29, 0.717) is 33.6 Å². The van der Waals surface area contributed by atoms with Crippen molar-refractivity contribution in [1.29, 1.82) is 5.26 Å². The maximum atomic E-state index is 12.8. The van der Waals surface area contributed by atoms with E-state index in [1.165, 1.54) is 18.2 Å². The zero-order chi connectivity index (χ0) is 21.8. The summed E-state index contributed by atoms with van der Waals surface area (Å²) in [6, 6.07) is 20.6. The highest BCUT2D eigenvalue weighted by molar-refractivity contribution is 6.06. The van der Waals surface area contributed by atoms with Gasteiger partial charge >= 0.3 is 0 Å². The fourth-order valence-electron chi connectivity index (χ4n) is 3.04. The molecule has 4 rings (SSSR count). The van der Waals surface area contributed by atoms with E-state index in [-0.39, 0.29) is 6.61 Å². The second kappa shape index (κ2) is 8.63. The number of nitrogens with zero attached hydrogens (tertiary/aromatic N) is 2. The van der Waals surface area contributed by atoms with Crippen LogP contribution in [0.15, 0.2) is 66.7 Å². The van der Waals surface area contributed by atoms with E-state index in [9.17, 15) is 13.6 Å². The maximum absolute atomic E-state index is 12.8. The van der Waals surface area contributed by atoms with Crippen LogP contribution in [0.3, 0.4) is 0 Å². The Hall–Kier alpha value is -4.25. The number of alkyl halides is 2. The molecular weight excluding hydrogens is 402 g/mol. The molecule has 4 aromatic rings. The number of nitrogens with one attached hydrogen (secondary N) is 2. The number of anilines is 1. The first-order valence-corrected chi connectivity index (χ1v) is 9.33. The summed E-state index contributed by atoms with van der Waals surface area (Å²) >= 11 is 0. The number of halogens is 2.